The third-order valence-corrected chi connectivity index (χ3v) is 4.53. The molecule has 0 bridgehead atoms. The van der Waals surface area contributed by atoms with Gasteiger partial charge in [-0.15, -0.1) is 11.3 Å². The summed E-state index contributed by atoms with van der Waals surface area (Å²) >= 11 is 4.66. The highest BCUT2D eigenvalue weighted by Gasteiger charge is 2.18. The summed E-state index contributed by atoms with van der Waals surface area (Å²) < 4.78 is 28.0. The number of aromatic carboxylic acids is 1. The predicted molar refractivity (Wildman–Crippen MR) is 79.6 cm³/mol. The van der Waals surface area contributed by atoms with Crippen LogP contribution in [0, 0.1) is 11.6 Å². The van der Waals surface area contributed by atoms with Crippen molar-refractivity contribution in [2.45, 2.75) is 0 Å². The van der Waals surface area contributed by atoms with Crippen molar-refractivity contribution in [3.8, 4) is 10.6 Å². The van der Waals surface area contributed by atoms with E-state index in [0.717, 1.165) is 9.85 Å². The molecule has 1 aromatic carbocycles. The van der Waals surface area contributed by atoms with Gasteiger partial charge in [-0.3, -0.25) is 0 Å². The monoisotopic (exact) mass is 369 g/mol. The van der Waals surface area contributed by atoms with Crippen LogP contribution in [-0.2, 0) is 0 Å². The van der Waals surface area contributed by atoms with Crippen LogP contribution in [0.15, 0.2) is 34.1 Å². The van der Waals surface area contributed by atoms with Gasteiger partial charge in [0.25, 0.3) is 0 Å². The van der Waals surface area contributed by atoms with Gasteiger partial charge in [-0.25, -0.2) is 18.6 Å². The Bertz CT molecular complexity index is 879. The van der Waals surface area contributed by atoms with E-state index >= 15 is 0 Å². The summed E-state index contributed by atoms with van der Waals surface area (Å²) in [5.41, 5.74) is 0.101. The standard InChI is InChI=1S/C14H6BrF2NO2S/c15-12-2-1-11(21-12)9-5-7(14(19)20)13-8(17)3-6(16)4-10(13)18-9/h1-5H,(H,19,20). The number of hydrogen-bond acceptors (Lipinski definition) is 3. The first-order chi connectivity index (χ1) is 9.95. The molecule has 3 aromatic rings. The summed E-state index contributed by atoms with van der Waals surface area (Å²) in [6.45, 7) is 0. The number of aromatic nitrogens is 1. The van der Waals surface area contributed by atoms with Crippen molar-refractivity contribution >= 4 is 44.1 Å². The molecule has 0 spiro atoms. The summed E-state index contributed by atoms with van der Waals surface area (Å²) in [5, 5.41) is 9.07. The third-order valence-electron chi connectivity index (χ3n) is 2.88. The van der Waals surface area contributed by atoms with E-state index in [4.69, 9.17) is 0 Å². The van der Waals surface area contributed by atoms with Crippen LogP contribution in [0.1, 0.15) is 10.4 Å². The molecule has 0 aliphatic heterocycles. The Morgan fingerprint density at radius 2 is 2.00 bits per heavy atom. The molecule has 7 heteroatoms. The summed E-state index contributed by atoms with van der Waals surface area (Å²) in [6.07, 6.45) is 0. The maximum absolute atomic E-state index is 13.9. The van der Waals surface area contributed by atoms with Gasteiger partial charge in [-0.2, -0.15) is 0 Å². The van der Waals surface area contributed by atoms with Crippen molar-refractivity contribution in [1.82, 2.24) is 4.98 Å². The maximum atomic E-state index is 13.9. The number of thiophene rings is 1. The molecular weight excluding hydrogens is 364 g/mol. The second-order valence-electron chi connectivity index (χ2n) is 4.25. The number of carboxylic acid groups (broad SMARTS) is 1. The highest BCUT2D eigenvalue weighted by molar-refractivity contribution is 9.11. The Morgan fingerprint density at radius 1 is 1.24 bits per heavy atom. The molecule has 0 aliphatic rings. The van der Waals surface area contributed by atoms with Gasteiger partial charge in [-0.1, -0.05) is 0 Å². The zero-order valence-electron chi connectivity index (χ0n) is 10.2. The lowest BCUT2D eigenvalue weighted by Gasteiger charge is -2.07. The molecule has 0 radical (unpaired) electrons. The molecule has 0 unspecified atom stereocenters. The average molecular weight is 370 g/mol. The number of halogens is 3. The van der Waals surface area contributed by atoms with Gasteiger partial charge in [0.1, 0.15) is 11.6 Å². The predicted octanol–water partition coefficient (Wildman–Crippen LogP) is 4.70. The fourth-order valence-corrected chi connectivity index (χ4v) is 3.38. The van der Waals surface area contributed by atoms with E-state index in [2.05, 4.69) is 20.9 Å². The summed E-state index contributed by atoms with van der Waals surface area (Å²) in [5.74, 6) is -3.02. The van der Waals surface area contributed by atoms with E-state index in [0.29, 0.717) is 16.6 Å². The van der Waals surface area contributed by atoms with Crippen molar-refractivity contribution in [2.75, 3.05) is 0 Å². The highest BCUT2D eigenvalue weighted by atomic mass is 79.9. The molecule has 1 N–H and O–H groups in total. The second-order valence-corrected chi connectivity index (χ2v) is 6.71. The van der Waals surface area contributed by atoms with Crippen LogP contribution >= 0.6 is 27.3 Å². The Labute approximate surface area is 130 Å². The lowest BCUT2D eigenvalue weighted by atomic mass is 10.1. The highest BCUT2D eigenvalue weighted by Crippen LogP contribution is 2.33. The molecule has 0 saturated carbocycles. The fraction of sp³-hybridized carbons (Fsp3) is 0. The molecule has 2 heterocycles. The van der Waals surface area contributed by atoms with Crippen LogP contribution in [-0.4, -0.2) is 16.1 Å². The number of rotatable bonds is 2. The van der Waals surface area contributed by atoms with E-state index in [9.17, 15) is 18.7 Å². The van der Waals surface area contributed by atoms with E-state index in [-0.39, 0.29) is 16.5 Å². The van der Waals surface area contributed by atoms with Gasteiger partial charge in [0.05, 0.1) is 30.8 Å². The number of fused-ring (bicyclic) bond motifs is 1. The van der Waals surface area contributed by atoms with Crippen molar-refractivity contribution in [1.29, 1.82) is 0 Å². The van der Waals surface area contributed by atoms with Crippen molar-refractivity contribution < 1.29 is 18.7 Å². The summed E-state index contributed by atoms with van der Waals surface area (Å²) in [4.78, 5) is 16.2. The van der Waals surface area contributed by atoms with E-state index < -0.39 is 17.6 Å². The van der Waals surface area contributed by atoms with Crippen LogP contribution in [0.25, 0.3) is 21.5 Å². The van der Waals surface area contributed by atoms with E-state index in [1.807, 2.05) is 0 Å². The van der Waals surface area contributed by atoms with Gasteiger partial charge < -0.3 is 5.11 Å². The van der Waals surface area contributed by atoms with Crippen LogP contribution in [0.2, 0.25) is 0 Å². The zero-order chi connectivity index (χ0) is 15.1. The maximum Gasteiger partial charge on any atom is 0.336 e. The van der Waals surface area contributed by atoms with Gasteiger partial charge in [0, 0.05) is 12.1 Å². The third kappa shape index (κ3) is 2.54. The number of nitrogens with zero attached hydrogens (tertiary/aromatic N) is 1. The largest absolute Gasteiger partial charge is 0.478 e. The topological polar surface area (TPSA) is 50.2 Å². The number of carboxylic acids is 1. The van der Waals surface area contributed by atoms with E-state index in [1.165, 1.54) is 17.4 Å². The van der Waals surface area contributed by atoms with Crippen LogP contribution in [0.5, 0.6) is 0 Å². The molecule has 106 valence electrons. The Kier molecular flexibility index (Phi) is 3.46. The Morgan fingerprint density at radius 3 is 2.62 bits per heavy atom. The molecule has 21 heavy (non-hydrogen) atoms. The van der Waals surface area contributed by atoms with Gasteiger partial charge >= 0.3 is 5.97 Å². The molecule has 3 nitrogen and oxygen atoms in total. The number of carbonyl (C=O) groups is 1. The molecular formula is C14H6BrF2NO2S. The fourth-order valence-electron chi connectivity index (χ4n) is 2.03. The van der Waals surface area contributed by atoms with E-state index in [1.54, 1.807) is 12.1 Å². The van der Waals surface area contributed by atoms with Gasteiger partial charge in [-0.05, 0) is 34.1 Å². The average Bonchev–Trinajstić information content (AvgIpc) is 2.83. The first kappa shape index (κ1) is 14.1. The van der Waals surface area contributed by atoms with Crippen molar-refractivity contribution in [3.05, 3.63) is 51.3 Å². The number of benzene rings is 1. The minimum Gasteiger partial charge on any atom is -0.478 e. The van der Waals surface area contributed by atoms with Gasteiger partial charge in [0.2, 0.25) is 0 Å². The minimum absolute atomic E-state index is 0.0214. The minimum atomic E-state index is -1.29. The summed E-state index contributed by atoms with van der Waals surface area (Å²) in [7, 11) is 0. The molecule has 0 saturated heterocycles. The quantitative estimate of drug-likeness (QED) is 0.711. The first-order valence-electron chi connectivity index (χ1n) is 5.74. The molecule has 3 rings (SSSR count). The lowest BCUT2D eigenvalue weighted by Crippen LogP contribution is -2.02. The lowest BCUT2D eigenvalue weighted by molar-refractivity contribution is 0.0698. The van der Waals surface area contributed by atoms with Crippen LogP contribution < -0.4 is 0 Å². The number of pyridine rings is 1. The molecule has 0 fully saturated rings. The second kappa shape index (κ2) is 5.16. The smallest absolute Gasteiger partial charge is 0.336 e. The van der Waals surface area contributed by atoms with Gasteiger partial charge in [0.15, 0.2) is 0 Å². The Balaban J connectivity index is 2.37. The van der Waals surface area contributed by atoms with Crippen molar-refractivity contribution in [3.63, 3.8) is 0 Å². The molecule has 0 amide bonds. The molecule has 2 aromatic heterocycles. The molecule has 0 aliphatic carbocycles. The zero-order valence-corrected chi connectivity index (χ0v) is 12.6. The SMILES string of the molecule is O=C(O)c1cc(-c2ccc(Br)s2)nc2cc(F)cc(F)c12. The normalized spacial score (nSPS) is 11.0. The van der Waals surface area contributed by atoms with Crippen molar-refractivity contribution in [2.24, 2.45) is 0 Å². The molecule has 0 atom stereocenters. The first-order valence-corrected chi connectivity index (χ1v) is 7.35. The number of hydrogen-bond donors (Lipinski definition) is 1. The van der Waals surface area contributed by atoms with Crippen LogP contribution in [0.3, 0.4) is 0 Å². The Hall–Kier alpha value is -1.86. The summed E-state index contributed by atoms with van der Waals surface area (Å²) in [6, 6.07) is 6.52. The van der Waals surface area contributed by atoms with Crippen LogP contribution in [0.4, 0.5) is 8.78 Å².